The van der Waals surface area contributed by atoms with Gasteiger partial charge in [0, 0.05) is 44.6 Å². The molecule has 142 valence electrons. The molecular weight excluding hydrogens is 352 g/mol. The predicted octanol–water partition coefficient (Wildman–Crippen LogP) is 1.08. The summed E-state index contributed by atoms with van der Waals surface area (Å²) in [5, 5.41) is 6.80. The first-order chi connectivity index (χ1) is 12.7. The Hall–Kier alpha value is -1.77. The molecule has 2 aromatic heterocycles. The Morgan fingerprint density at radius 3 is 3.00 bits per heavy atom. The normalized spacial score (nSPS) is 13.7. The zero-order chi connectivity index (χ0) is 18.4. The molecule has 0 saturated carbocycles. The molecule has 0 atom stereocenters. The van der Waals surface area contributed by atoms with Crippen molar-refractivity contribution in [3.63, 3.8) is 0 Å². The summed E-state index contributed by atoms with van der Waals surface area (Å²) in [6.45, 7) is 3.03. The summed E-state index contributed by atoms with van der Waals surface area (Å²) in [5.41, 5.74) is 1.18. The summed E-state index contributed by atoms with van der Waals surface area (Å²) in [6.07, 6.45) is 6.19. The molecular formula is C18H26N4O3S. The van der Waals surface area contributed by atoms with E-state index >= 15 is 0 Å². The molecule has 0 aromatic carbocycles. The Balaban J connectivity index is 1.55. The van der Waals surface area contributed by atoms with Crippen LogP contribution in [0.4, 0.5) is 0 Å². The maximum absolute atomic E-state index is 12.8. The lowest BCUT2D eigenvalue weighted by atomic mass is 9.97. The predicted molar refractivity (Wildman–Crippen MR) is 103 cm³/mol. The molecule has 26 heavy (non-hydrogen) atoms. The van der Waals surface area contributed by atoms with Crippen LogP contribution in [0.25, 0.3) is 10.2 Å². The minimum Gasteiger partial charge on any atom is -0.383 e. The van der Waals surface area contributed by atoms with Crippen molar-refractivity contribution in [2.75, 3.05) is 33.4 Å². The van der Waals surface area contributed by atoms with Crippen molar-refractivity contribution < 1.29 is 9.53 Å². The number of ether oxygens (including phenoxy) is 1. The highest BCUT2D eigenvalue weighted by molar-refractivity contribution is 7.18. The van der Waals surface area contributed by atoms with Gasteiger partial charge in [-0.05, 0) is 31.2 Å². The number of thiophene rings is 1. The maximum Gasteiger partial charge on any atom is 0.262 e. The van der Waals surface area contributed by atoms with Crippen molar-refractivity contribution in [1.82, 2.24) is 20.2 Å². The van der Waals surface area contributed by atoms with E-state index in [0.717, 1.165) is 36.0 Å². The number of carbonyl (C=O) groups excluding carboxylic acids is 1. The summed E-state index contributed by atoms with van der Waals surface area (Å²) in [7, 11) is 1.66. The molecule has 1 aliphatic carbocycles. The largest absolute Gasteiger partial charge is 0.383 e. The van der Waals surface area contributed by atoms with Crippen molar-refractivity contribution in [1.29, 1.82) is 0 Å². The van der Waals surface area contributed by atoms with Gasteiger partial charge in [0.15, 0.2) is 0 Å². The third-order valence-corrected chi connectivity index (χ3v) is 5.83. The molecule has 3 rings (SSSR count). The second kappa shape index (κ2) is 9.25. The first-order valence-corrected chi connectivity index (χ1v) is 9.98. The maximum atomic E-state index is 12.8. The number of hydrogen-bond acceptors (Lipinski definition) is 6. The fraction of sp³-hybridized carbons (Fsp3) is 0.611. The molecule has 2 N–H and O–H groups in total. The summed E-state index contributed by atoms with van der Waals surface area (Å²) >= 11 is 1.65. The van der Waals surface area contributed by atoms with E-state index in [1.54, 1.807) is 29.3 Å². The first kappa shape index (κ1) is 19.0. The highest BCUT2D eigenvalue weighted by Crippen LogP contribution is 2.33. The van der Waals surface area contributed by atoms with Gasteiger partial charge in [0.05, 0.1) is 18.3 Å². The van der Waals surface area contributed by atoms with Gasteiger partial charge in [0.25, 0.3) is 5.56 Å². The highest BCUT2D eigenvalue weighted by atomic mass is 32.1. The van der Waals surface area contributed by atoms with Crippen LogP contribution in [0.2, 0.25) is 0 Å². The molecule has 0 bridgehead atoms. The fourth-order valence-corrected chi connectivity index (χ4v) is 4.46. The van der Waals surface area contributed by atoms with E-state index in [1.165, 1.54) is 16.9 Å². The molecule has 0 spiro atoms. The van der Waals surface area contributed by atoms with Crippen LogP contribution in [0.15, 0.2) is 11.1 Å². The second-order valence-corrected chi connectivity index (χ2v) is 7.56. The Morgan fingerprint density at radius 1 is 1.31 bits per heavy atom. The average molecular weight is 378 g/mol. The van der Waals surface area contributed by atoms with Gasteiger partial charge in [-0.25, -0.2) is 4.98 Å². The molecule has 1 amide bonds. The van der Waals surface area contributed by atoms with Crippen LogP contribution < -0.4 is 16.2 Å². The Kier molecular flexibility index (Phi) is 6.76. The molecule has 2 heterocycles. The van der Waals surface area contributed by atoms with Crippen molar-refractivity contribution in [3.8, 4) is 0 Å². The van der Waals surface area contributed by atoms with Crippen LogP contribution in [0.1, 0.15) is 29.7 Å². The molecule has 0 radical (unpaired) electrons. The van der Waals surface area contributed by atoms with Crippen LogP contribution in [0.3, 0.4) is 0 Å². The smallest absolute Gasteiger partial charge is 0.262 e. The lowest BCUT2D eigenvalue weighted by Crippen LogP contribution is -2.34. The number of nitrogens with zero attached hydrogens (tertiary/aromatic N) is 2. The number of methoxy groups -OCH3 is 1. The van der Waals surface area contributed by atoms with E-state index in [1.807, 2.05) is 0 Å². The number of rotatable bonds is 9. The molecule has 0 fully saturated rings. The van der Waals surface area contributed by atoms with E-state index in [-0.39, 0.29) is 17.9 Å². The molecule has 0 saturated heterocycles. The van der Waals surface area contributed by atoms with E-state index in [4.69, 9.17) is 4.74 Å². The van der Waals surface area contributed by atoms with Gasteiger partial charge in [-0.2, -0.15) is 0 Å². The summed E-state index contributed by atoms with van der Waals surface area (Å²) < 4.78 is 6.51. The Labute approximate surface area is 156 Å². The second-order valence-electron chi connectivity index (χ2n) is 6.48. The first-order valence-electron chi connectivity index (χ1n) is 9.16. The molecule has 0 unspecified atom stereocenters. The summed E-state index contributed by atoms with van der Waals surface area (Å²) in [4.78, 5) is 31.4. The van der Waals surface area contributed by atoms with Crippen molar-refractivity contribution in [3.05, 3.63) is 27.1 Å². The number of hydrogen-bond donors (Lipinski definition) is 2. The van der Waals surface area contributed by atoms with Gasteiger partial charge in [0.2, 0.25) is 5.91 Å². The fourth-order valence-electron chi connectivity index (χ4n) is 3.24. The third kappa shape index (κ3) is 4.49. The number of aryl methyl sites for hydroxylation is 3. The molecule has 7 nitrogen and oxygen atoms in total. The van der Waals surface area contributed by atoms with Crippen LogP contribution in [0.5, 0.6) is 0 Å². The van der Waals surface area contributed by atoms with E-state index < -0.39 is 0 Å². The topological polar surface area (TPSA) is 85.2 Å². The molecule has 1 aliphatic rings. The van der Waals surface area contributed by atoms with Gasteiger partial charge in [-0.15, -0.1) is 11.3 Å². The van der Waals surface area contributed by atoms with Crippen molar-refractivity contribution >= 4 is 27.5 Å². The van der Waals surface area contributed by atoms with Crippen LogP contribution in [-0.4, -0.2) is 48.8 Å². The van der Waals surface area contributed by atoms with Crippen LogP contribution in [-0.2, 0) is 28.9 Å². The van der Waals surface area contributed by atoms with E-state index in [9.17, 15) is 9.59 Å². The zero-order valence-electron chi connectivity index (χ0n) is 15.2. The number of aromatic nitrogens is 2. The molecule has 8 heteroatoms. The van der Waals surface area contributed by atoms with Crippen molar-refractivity contribution in [2.45, 2.75) is 38.6 Å². The molecule has 2 aromatic rings. The van der Waals surface area contributed by atoms with Gasteiger partial charge in [0.1, 0.15) is 4.83 Å². The zero-order valence-corrected chi connectivity index (χ0v) is 16.0. The van der Waals surface area contributed by atoms with Crippen LogP contribution in [0, 0.1) is 0 Å². The summed E-state index contributed by atoms with van der Waals surface area (Å²) in [6, 6.07) is 0. The number of fused-ring (bicyclic) bond motifs is 3. The lowest BCUT2D eigenvalue weighted by molar-refractivity contribution is -0.121. The summed E-state index contributed by atoms with van der Waals surface area (Å²) in [5.74, 6) is -0.0575. The highest BCUT2D eigenvalue weighted by Gasteiger charge is 2.20. The lowest BCUT2D eigenvalue weighted by Gasteiger charge is -2.10. The van der Waals surface area contributed by atoms with Crippen LogP contribution >= 0.6 is 11.3 Å². The number of carbonyl (C=O) groups is 1. The SMILES string of the molecule is COCCNCCNC(=O)CCn1cnc2sc3c(c2c1=O)CCCC3. The third-order valence-electron chi connectivity index (χ3n) is 4.63. The molecule has 0 aliphatic heterocycles. The Bertz CT molecular complexity index is 815. The Morgan fingerprint density at radius 2 is 2.15 bits per heavy atom. The minimum absolute atomic E-state index is 0.0107. The minimum atomic E-state index is -0.0575. The quantitative estimate of drug-likeness (QED) is 0.638. The van der Waals surface area contributed by atoms with Gasteiger partial charge in [-0.3, -0.25) is 14.2 Å². The van der Waals surface area contributed by atoms with Crippen molar-refractivity contribution in [2.24, 2.45) is 0 Å². The van der Waals surface area contributed by atoms with Gasteiger partial charge < -0.3 is 15.4 Å². The standard InChI is InChI=1S/C18H26N4O3S/c1-25-11-9-19-7-8-20-15(23)6-10-22-12-21-17-16(18(22)24)13-4-2-3-5-14(13)26-17/h12,19H,2-11H2,1H3,(H,20,23). The average Bonchev–Trinajstić information content (AvgIpc) is 3.03. The van der Waals surface area contributed by atoms with E-state index in [0.29, 0.717) is 26.2 Å². The van der Waals surface area contributed by atoms with Gasteiger partial charge >= 0.3 is 0 Å². The number of amides is 1. The van der Waals surface area contributed by atoms with E-state index in [2.05, 4.69) is 15.6 Å². The van der Waals surface area contributed by atoms with Gasteiger partial charge in [-0.1, -0.05) is 0 Å². The monoisotopic (exact) mass is 378 g/mol. The number of nitrogens with one attached hydrogen (secondary N) is 2.